The number of hydrogen-bond donors (Lipinski definition) is 1. The molecule has 0 atom stereocenters. The second-order valence-corrected chi connectivity index (χ2v) is 4.52. The largest absolute Gasteiger partial charge is 0.367 e. The van der Waals surface area contributed by atoms with Gasteiger partial charge in [-0.15, -0.1) is 0 Å². The lowest BCUT2D eigenvalue weighted by Gasteiger charge is -2.27. The Labute approximate surface area is 95.2 Å². The van der Waals surface area contributed by atoms with E-state index in [1.54, 1.807) is 0 Å². The van der Waals surface area contributed by atoms with Crippen LogP contribution in [0.4, 0.5) is 14.6 Å². The SMILES string of the molecule is FC(F)c1cc(NC2CCC2)ncc1Br. The van der Waals surface area contributed by atoms with Gasteiger partial charge >= 0.3 is 0 Å². The van der Waals surface area contributed by atoms with Crippen molar-refractivity contribution in [3.63, 3.8) is 0 Å². The van der Waals surface area contributed by atoms with Gasteiger partial charge in [0.25, 0.3) is 6.43 Å². The summed E-state index contributed by atoms with van der Waals surface area (Å²) < 4.78 is 25.5. The fraction of sp³-hybridized carbons (Fsp3) is 0.500. The number of rotatable bonds is 3. The smallest absolute Gasteiger partial charge is 0.265 e. The molecule has 0 unspecified atom stereocenters. The van der Waals surface area contributed by atoms with Gasteiger partial charge in [0.1, 0.15) is 5.82 Å². The number of hydrogen-bond acceptors (Lipinski definition) is 2. The van der Waals surface area contributed by atoms with E-state index in [9.17, 15) is 8.78 Å². The van der Waals surface area contributed by atoms with Gasteiger partial charge in [-0.05, 0) is 41.3 Å². The molecule has 0 saturated heterocycles. The summed E-state index contributed by atoms with van der Waals surface area (Å²) in [6.07, 6.45) is 2.35. The fourth-order valence-electron chi connectivity index (χ4n) is 1.46. The van der Waals surface area contributed by atoms with E-state index in [1.807, 2.05) is 0 Å². The van der Waals surface area contributed by atoms with Gasteiger partial charge in [0.2, 0.25) is 0 Å². The third-order valence-corrected chi connectivity index (χ3v) is 3.24. The number of anilines is 1. The monoisotopic (exact) mass is 276 g/mol. The molecule has 0 amide bonds. The predicted octanol–water partition coefficient (Wildman–Crippen LogP) is 3.75. The lowest BCUT2D eigenvalue weighted by molar-refractivity contribution is 0.150. The van der Waals surface area contributed by atoms with Crippen molar-refractivity contribution < 1.29 is 8.78 Å². The zero-order valence-corrected chi connectivity index (χ0v) is 9.60. The average molecular weight is 277 g/mol. The van der Waals surface area contributed by atoms with Crippen LogP contribution in [0.15, 0.2) is 16.7 Å². The first kappa shape index (κ1) is 10.8. The molecular formula is C10H11BrF2N2. The van der Waals surface area contributed by atoms with Gasteiger partial charge in [0.15, 0.2) is 0 Å². The average Bonchev–Trinajstić information content (AvgIpc) is 2.13. The maximum atomic E-state index is 12.6. The van der Waals surface area contributed by atoms with E-state index in [2.05, 4.69) is 26.2 Å². The van der Waals surface area contributed by atoms with Gasteiger partial charge in [-0.2, -0.15) is 0 Å². The molecule has 2 nitrogen and oxygen atoms in total. The molecule has 1 aliphatic carbocycles. The molecule has 1 aromatic rings. The molecular weight excluding hydrogens is 266 g/mol. The fourth-order valence-corrected chi connectivity index (χ4v) is 1.85. The topological polar surface area (TPSA) is 24.9 Å². The molecule has 1 saturated carbocycles. The molecule has 5 heteroatoms. The highest BCUT2D eigenvalue weighted by atomic mass is 79.9. The lowest BCUT2D eigenvalue weighted by atomic mass is 9.93. The summed E-state index contributed by atoms with van der Waals surface area (Å²) in [5.41, 5.74) is -0.00757. The number of nitrogens with one attached hydrogen (secondary N) is 1. The Balaban J connectivity index is 2.14. The van der Waals surface area contributed by atoms with E-state index in [0.717, 1.165) is 12.8 Å². The summed E-state index contributed by atoms with van der Waals surface area (Å²) in [5.74, 6) is 0.540. The zero-order valence-electron chi connectivity index (χ0n) is 8.01. The molecule has 1 fully saturated rings. The van der Waals surface area contributed by atoms with E-state index in [0.29, 0.717) is 16.3 Å². The highest BCUT2D eigenvalue weighted by molar-refractivity contribution is 9.10. The third kappa shape index (κ3) is 2.45. The molecule has 0 bridgehead atoms. The van der Waals surface area contributed by atoms with Gasteiger partial charge < -0.3 is 5.32 Å². The van der Waals surface area contributed by atoms with Gasteiger partial charge in [0.05, 0.1) is 0 Å². The van der Waals surface area contributed by atoms with Crippen molar-refractivity contribution in [3.8, 4) is 0 Å². The van der Waals surface area contributed by atoms with Crippen LogP contribution in [0.3, 0.4) is 0 Å². The van der Waals surface area contributed by atoms with Crippen LogP contribution >= 0.6 is 15.9 Å². The van der Waals surface area contributed by atoms with Crippen molar-refractivity contribution in [2.45, 2.75) is 31.7 Å². The van der Waals surface area contributed by atoms with E-state index in [-0.39, 0.29) is 5.56 Å². The molecule has 82 valence electrons. The summed E-state index contributed by atoms with van der Waals surface area (Å²) in [6, 6.07) is 1.82. The first-order valence-electron chi connectivity index (χ1n) is 4.87. The number of halogens is 3. The Morgan fingerprint density at radius 3 is 2.73 bits per heavy atom. The van der Waals surface area contributed by atoms with Crippen molar-refractivity contribution in [3.05, 3.63) is 22.3 Å². The van der Waals surface area contributed by atoms with Crippen LogP contribution < -0.4 is 5.32 Å². The van der Waals surface area contributed by atoms with Gasteiger partial charge in [-0.3, -0.25) is 0 Å². The van der Waals surface area contributed by atoms with E-state index in [1.165, 1.54) is 18.7 Å². The van der Waals surface area contributed by atoms with Crippen molar-refractivity contribution >= 4 is 21.7 Å². The molecule has 1 aromatic heterocycles. The first-order chi connectivity index (χ1) is 7.16. The minimum atomic E-state index is -2.47. The summed E-state index contributed by atoms with van der Waals surface area (Å²) in [5, 5.41) is 3.14. The van der Waals surface area contributed by atoms with Crippen LogP contribution in [0.2, 0.25) is 0 Å². The van der Waals surface area contributed by atoms with Gasteiger partial charge in [-0.25, -0.2) is 13.8 Å². The molecule has 0 spiro atoms. The lowest BCUT2D eigenvalue weighted by Crippen LogP contribution is -2.27. The van der Waals surface area contributed by atoms with Crippen molar-refractivity contribution in [2.75, 3.05) is 5.32 Å². The molecule has 1 N–H and O–H groups in total. The van der Waals surface area contributed by atoms with Crippen LogP contribution in [0.25, 0.3) is 0 Å². The Hall–Kier alpha value is -0.710. The van der Waals surface area contributed by atoms with Crippen LogP contribution in [0, 0.1) is 0 Å². The molecule has 1 heterocycles. The maximum Gasteiger partial charge on any atom is 0.265 e. The third-order valence-electron chi connectivity index (χ3n) is 2.58. The molecule has 0 aromatic carbocycles. The Kier molecular flexibility index (Phi) is 3.19. The minimum Gasteiger partial charge on any atom is -0.367 e. The molecule has 0 aliphatic heterocycles. The first-order valence-corrected chi connectivity index (χ1v) is 5.66. The number of aromatic nitrogens is 1. The van der Waals surface area contributed by atoms with E-state index in [4.69, 9.17) is 0 Å². The second-order valence-electron chi connectivity index (χ2n) is 3.66. The van der Waals surface area contributed by atoms with Crippen LogP contribution in [0.1, 0.15) is 31.3 Å². The predicted molar refractivity (Wildman–Crippen MR) is 58.2 cm³/mol. The highest BCUT2D eigenvalue weighted by Gasteiger charge is 2.19. The summed E-state index contributed by atoms with van der Waals surface area (Å²) >= 11 is 3.06. The quantitative estimate of drug-likeness (QED) is 0.910. The number of nitrogens with zero attached hydrogens (tertiary/aromatic N) is 1. The maximum absolute atomic E-state index is 12.6. The van der Waals surface area contributed by atoms with Crippen molar-refractivity contribution in [1.82, 2.24) is 4.98 Å². The normalized spacial score (nSPS) is 16.5. The zero-order chi connectivity index (χ0) is 10.8. The second kappa shape index (κ2) is 4.43. The van der Waals surface area contributed by atoms with E-state index < -0.39 is 6.43 Å². The molecule has 2 rings (SSSR count). The Bertz CT molecular complexity index is 353. The minimum absolute atomic E-state index is 0.00757. The van der Waals surface area contributed by atoms with Gasteiger partial charge in [0, 0.05) is 22.3 Å². The Morgan fingerprint density at radius 2 is 2.20 bits per heavy atom. The van der Waals surface area contributed by atoms with Crippen molar-refractivity contribution in [2.24, 2.45) is 0 Å². The highest BCUT2D eigenvalue weighted by Crippen LogP contribution is 2.30. The standard InChI is InChI=1S/C10H11BrF2N2/c11-8-5-14-9(4-7(8)10(12)13)15-6-2-1-3-6/h4-6,10H,1-3H2,(H,14,15). The molecule has 0 radical (unpaired) electrons. The molecule has 1 aliphatic rings. The molecule has 15 heavy (non-hydrogen) atoms. The summed E-state index contributed by atoms with van der Waals surface area (Å²) in [4.78, 5) is 4.05. The summed E-state index contributed by atoms with van der Waals surface area (Å²) in [6.45, 7) is 0. The van der Waals surface area contributed by atoms with Crippen molar-refractivity contribution in [1.29, 1.82) is 0 Å². The Morgan fingerprint density at radius 1 is 1.47 bits per heavy atom. The van der Waals surface area contributed by atoms with Crippen LogP contribution in [0.5, 0.6) is 0 Å². The van der Waals surface area contributed by atoms with E-state index >= 15 is 0 Å². The van der Waals surface area contributed by atoms with Gasteiger partial charge in [-0.1, -0.05) is 0 Å². The van der Waals surface area contributed by atoms with Crippen LogP contribution in [-0.4, -0.2) is 11.0 Å². The number of alkyl halides is 2. The summed E-state index contributed by atoms with van der Waals surface area (Å²) in [7, 11) is 0. The number of pyridine rings is 1. The van der Waals surface area contributed by atoms with Crippen LogP contribution in [-0.2, 0) is 0 Å².